The van der Waals surface area contributed by atoms with Gasteiger partial charge in [0, 0.05) is 5.56 Å². The van der Waals surface area contributed by atoms with Crippen LogP contribution in [0.5, 0.6) is 5.75 Å². The number of aromatic hydroxyl groups is 1. The van der Waals surface area contributed by atoms with Crippen LogP contribution >= 0.6 is 11.6 Å². The molecule has 0 spiro atoms. The van der Waals surface area contributed by atoms with E-state index in [0.717, 1.165) is 18.4 Å². The van der Waals surface area contributed by atoms with Gasteiger partial charge < -0.3 is 5.11 Å². The van der Waals surface area contributed by atoms with Crippen molar-refractivity contribution in [3.05, 3.63) is 28.8 Å². The Hall–Kier alpha value is -1.13. The minimum atomic E-state index is -0.241. The molecule has 1 aromatic rings. The quantitative estimate of drug-likeness (QED) is 0.679. The molecule has 1 N–H and O–H groups in total. The Morgan fingerprint density at radius 3 is 2.69 bits per heavy atom. The number of para-hydroxylation sites is 1. The molecule has 1 aliphatic carbocycles. The van der Waals surface area contributed by atoms with Gasteiger partial charge in [-0.2, -0.15) is 0 Å². The third-order valence-corrected chi connectivity index (χ3v) is 2.83. The molecule has 0 bridgehead atoms. The number of terminal acetylenes is 1. The molecular formula is C11H9ClO. The Kier molecular flexibility index (Phi) is 1.75. The van der Waals surface area contributed by atoms with E-state index < -0.39 is 0 Å². The second-order valence-corrected chi connectivity index (χ2v) is 3.77. The Morgan fingerprint density at radius 1 is 1.46 bits per heavy atom. The summed E-state index contributed by atoms with van der Waals surface area (Å²) >= 11 is 5.79. The van der Waals surface area contributed by atoms with E-state index in [4.69, 9.17) is 18.0 Å². The second kappa shape index (κ2) is 2.68. The minimum Gasteiger partial charge on any atom is -0.506 e. The third-order valence-electron chi connectivity index (χ3n) is 2.53. The maximum Gasteiger partial charge on any atom is 0.138 e. The van der Waals surface area contributed by atoms with Gasteiger partial charge in [0.1, 0.15) is 5.75 Å². The number of halogens is 1. The van der Waals surface area contributed by atoms with Crippen molar-refractivity contribution in [1.82, 2.24) is 0 Å². The lowest BCUT2D eigenvalue weighted by atomic mass is 9.96. The van der Waals surface area contributed by atoms with Crippen LogP contribution in [0, 0.1) is 12.3 Å². The minimum absolute atomic E-state index is 0.139. The van der Waals surface area contributed by atoms with E-state index >= 15 is 0 Å². The smallest absolute Gasteiger partial charge is 0.138 e. The summed E-state index contributed by atoms with van der Waals surface area (Å²) in [6, 6.07) is 5.32. The first kappa shape index (κ1) is 8.47. The van der Waals surface area contributed by atoms with Crippen molar-refractivity contribution in [2.45, 2.75) is 18.3 Å². The average molecular weight is 193 g/mol. The number of phenolic OH excluding ortho intramolecular Hbond substituents is 1. The zero-order valence-corrected chi connectivity index (χ0v) is 7.80. The third kappa shape index (κ3) is 1.18. The van der Waals surface area contributed by atoms with Crippen LogP contribution in [0.15, 0.2) is 18.2 Å². The van der Waals surface area contributed by atoms with E-state index in [-0.39, 0.29) is 11.2 Å². The van der Waals surface area contributed by atoms with E-state index in [0.29, 0.717) is 5.02 Å². The standard InChI is InChI=1S/C11H9ClO/c1-2-11(6-7-11)8-4-3-5-9(12)10(8)13/h1,3-5,13H,6-7H2. The highest BCUT2D eigenvalue weighted by atomic mass is 35.5. The molecule has 0 radical (unpaired) electrons. The van der Waals surface area contributed by atoms with Crippen molar-refractivity contribution in [2.24, 2.45) is 0 Å². The van der Waals surface area contributed by atoms with Crippen LogP contribution in [0.3, 0.4) is 0 Å². The molecule has 0 heterocycles. The highest BCUT2D eigenvalue weighted by Gasteiger charge is 2.44. The van der Waals surface area contributed by atoms with Crippen molar-refractivity contribution < 1.29 is 5.11 Å². The van der Waals surface area contributed by atoms with Gasteiger partial charge in [-0.3, -0.25) is 0 Å². The van der Waals surface area contributed by atoms with Crippen LogP contribution in [0.25, 0.3) is 0 Å². The largest absolute Gasteiger partial charge is 0.506 e. The van der Waals surface area contributed by atoms with Gasteiger partial charge in [-0.05, 0) is 18.9 Å². The molecule has 1 aromatic carbocycles. The zero-order valence-electron chi connectivity index (χ0n) is 7.05. The van der Waals surface area contributed by atoms with E-state index in [1.807, 2.05) is 12.1 Å². The summed E-state index contributed by atoms with van der Waals surface area (Å²) in [5.41, 5.74) is 0.553. The fourth-order valence-electron chi connectivity index (χ4n) is 1.52. The highest BCUT2D eigenvalue weighted by Crippen LogP contribution is 2.51. The normalized spacial score (nSPS) is 17.8. The predicted molar refractivity (Wildman–Crippen MR) is 52.9 cm³/mol. The van der Waals surface area contributed by atoms with E-state index in [1.165, 1.54) is 0 Å². The van der Waals surface area contributed by atoms with Crippen molar-refractivity contribution in [3.8, 4) is 18.1 Å². The van der Waals surface area contributed by atoms with Gasteiger partial charge in [-0.15, -0.1) is 6.42 Å². The molecule has 0 atom stereocenters. The summed E-state index contributed by atoms with van der Waals surface area (Å²) in [7, 11) is 0. The van der Waals surface area contributed by atoms with Gasteiger partial charge >= 0.3 is 0 Å². The number of benzene rings is 1. The van der Waals surface area contributed by atoms with Gasteiger partial charge in [0.25, 0.3) is 0 Å². The molecule has 2 heteroatoms. The summed E-state index contributed by atoms with van der Waals surface area (Å²) < 4.78 is 0. The fraction of sp³-hybridized carbons (Fsp3) is 0.273. The van der Waals surface area contributed by atoms with Crippen LogP contribution < -0.4 is 0 Å². The maximum atomic E-state index is 9.68. The molecular weight excluding hydrogens is 184 g/mol. The number of rotatable bonds is 1. The molecule has 1 aliphatic rings. The first-order valence-corrected chi connectivity index (χ1v) is 4.53. The van der Waals surface area contributed by atoms with Crippen LogP contribution in [-0.4, -0.2) is 5.11 Å². The maximum absolute atomic E-state index is 9.68. The highest BCUT2D eigenvalue weighted by molar-refractivity contribution is 6.32. The second-order valence-electron chi connectivity index (χ2n) is 3.36. The topological polar surface area (TPSA) is 20.2 Å². The van der Waals surface area contributed by atoms with Gasteiger partial charge in [-0.25, -0.2) is 0 Å². The summed E-state index contributed by atoms with van der Waals surface area (Å²) in [5.74, 6) is 2.86. The van der Waals surface area contributed by atoms with Gasteiger partial charge in [-0.1, -0.05) is 29.7 Å². The first-order chi connectivity index (χ1) is 6.19. The van der Waals surface area contributed by atoms with E-state index in [1.54, 1.807) is 6.07 Å². The Labute approximate surface area is 82.3 Å². The molecule has 0 aromatic heterocycles. The van der Waals surface area contributed by atoms with Crippen LogP contribution in [0.4, 0.5) is 0 Å². The number of phenols is 1. The predicted octanol–water partition coefficient (Wildman–Crippen LogP) is 2.71. The molecule has 0 saturated heterocycles. The lowest BCUT2D eigenvalue weighted by Gasteiger charge is -2.10. The zero-order chi connectivity index (χ0) is 9.47. The molecule has 0 amide bonds. The van der Waals surface area contributed by atoms with Gasteiger partial charge in [0.2, 0.25) is 0 Å². The summed E-state index contributed by atoms with van der Waals surface area (Å²) in [5, 5.41) is 10.1. The molecule has 13 heavy (non-hydrogen) atoms. The Bertz CT molecular complexity index is 386. The number of hydrogen-bond acceptors (Lipinski definition) is 1. The van der Waals surface area contributed by atoms with E-state index in [2.05, 4.69) is 5.92 Å². The molecule has 1 fully saturated rings. The lowest BCUT2D eigenvalue weighted by Crippen LogP contribution is -2.02. The van der Waals surface area contributed by atoms with Gasteiger partial charge in [0.15, 0.2) is 0 Å². The van der Waals surface area contributed by atoms with Crippen LogP contribution in [0.2, 0.25) is 5.02 Å². The van der Waals surface area contributed by atoms with Crippen molar-refractivity contribution in [2.75, 3.05) is 0 Å². The number of hydrogen-bond donors (Lipinski definition) is 1. The van der Waals surface area contributed by atoms with Crippen molar-refractivity contribution in [3.63, 3.8) is 0 Å². The summed E-state index contributed by atoms with van der Waals surface area (Å²) in [6.07, 6.45) is 7.30. The van der Waals surface area contributed by atoms with Crippen molar-refractivity contribution in [1.29, 1.82) is 0 Å². The molecule has 1 saturated carbocycles. The van der Waals surface area contributed by atoms with E-state index in [9.17, 15) is 5.11 Å². The molecule has 1 nitrogen and oxygen atoms in total. The monoisotopic (exact) mass is 192 g/mol. The van der Waals surface area contributed by atoms with Crippen LogP contribution in [-0.2, 0) is 5.41 Å². The molecule has 2 rings (SSSR count). The molecule has 0 unspecified atom stereocenters. The average Bonchev–Trinajstić information content (AvgIpc) is 2.90. The lowest BCUT2D eigenvalue weighted by molar-refractivity contribution is 0.465. The Balaban J connectivity index is 2.54. The first-order valence-electron chi connectivity index (χ1n) is 4.15. The summed E-state index contributed by atoms with van der Waals surface area (Å²) in [6.45, 7) is 0. The summed E-state index contributed by atoms with van der Waals surface area (Å²) in [4.78, 5) is 0. The SMILES string of the molecule is C#CC1(c2cccc(Cl)c2O)CC1. The van der Waals surface area contributed by atoms with Gasteiger partial charge in [0.05, 0.1) is 10.4 Å². The Morgan fingerprint density at radius 2 is 2.15 bits per heavy atom. The molecule has 0 aliphatic heterocycles. The van der Waals surface area contributed by atoms with Crippen LogP contribution in [0.1, 0.15) is 18.4 Å². The van der Waals surface area contributed by atoms with Crippen molar-refractivity contribution >= 4 is 11.6 Å². The molecule has 66 valence electrons. The fourth-order valence-corrected chi connectivity index (χ4v) is 1.69.